The van der Waals surface area contributed by atoms with E-state index in [9.17, 15) is 19.2 Å². The van der Waals surface area contributed by atoms with Gasteiger partial charge in [0.25, 0.3) is 11.8 Å². The second kappa shape index (κ2) is 10.4. The van der Waals surface area contributed by atoms with Crippen LogP contribution in [-0.4, -0.2) is 67.1 Å². The van der Waals surface area contributed by atoms with Gasteiger partial charge >= 0.3 is 6.09 Å². The number of fused-ring (bicyclic) bond motifs is 1. The third kappa shape index (κ3) is 5.57. The molecule has 41 heavy (non-hydrogen) atoms. The van der Waals surface area contributed by atoms with Crippen LogP contribution in [0.5, 0.6) is 0 Å². The second-order valence-corrected chi connectivity index (χ2v) is 12.6. The molecular formula is C30H38N6O5. The molecule has 2 fully saturated rings. The molecule has 2 N–H and O–H groups in total. The zero-order chi connectivity index (χ0) is 29.7. The maximum Gasteiger partial charge on any atom is 0.410 e. The highest BCUT2D eigenvalue weighted by Crippen LogP contribution is 2.36. The smallest absolute Gasteiger partial charge is 0.410 e. The van der Waals surface area contributed by atoms with Gasteiger partial charge in [-0.15, -0.1) is 0 Å². The van der Waals surface area contributed by atoms with Gasteiger partial charge in [0.1, 0.15) is 11.6 Å². The van der Waals surface area contributed by atoms with Gasteiger partial charge in [0.15, 0.2) is 0 Å². The molecule has 2 unspecified atom stereocenters. The maximum atomic E-state index is 13.4. The van der Waals surface area contributed by atoms with Gasteiger partial charge in [0.2, 0.25) is 5.91 Å². The summed E-state index contributed by atoms with van der Waals surface area (Å²) in [7, 11) is 0. The van der Waals surface area contributed by atoms with Crippen LogP contribution in [-0.2, 0) is 16.1 Å². The van der Waals surface area contributed by atoms with Crippen molar-refractivity contribution in [2.75, 3.05) is 11.9 Å². The van der Waals surface area contributed by atoms with Gasteiger partial charge in [0, 0.05) is 41.8 Å². The van der Waals surface area contributed by atoms with E-state index in [0.29, 0.717) is 37.3 Å². The number of benzene rings is 1. The molecule has 0 radical (unpaired) electrons. The summed E-state index contributed by atoms with van der Waals surface area (Å²) in [6, 6.07) is 4.36. The quantitative estimate of drug-likeness (QED) is 0.522. The highest BCUT2D eigenvalue weighted by molar-refractivity contribution is 6.25. The van der Waals surface area contributed by atoms with Crippen molar-refractivity contribution in [2.24, 2.45) is 0 Å². The summed E-state index contributed by atoms with van der Waals surface area (Å²) in [4.78, 5) is 54.7. The Kier molecular flexibility index (Phi) is 7.17. The summed E-state index contributed by atoms with van der Waals surface area (Å²) in [6.07, 6.45) is 5.78. The predicted octanol–water partition coefficient (Wildman–Crippen LogP) is 4.23. The largest absolute Gasteiger partial charge is 0.444 e. The summed E-state index contributed by atoms with van der Waals surface area (Å²) in [5.41, 5.74) is 1.63. The lowest BCUT2D eigenvalue weighted by Gasteiger charge is -2.45. The number of carbonyl (C=O) groups is 4. The van der Waals surface area contributed by atoms with Crippen molar-refractivity contribution in [3.05, 3.63) is 59.6 Å². The molecule has 3 aliphatic rings. The minimum absolute atomic E-state index is 0.115. The van der Waals surface area contributed by atoms with E-state index in [1.807, 2.05) is 45.5 Å². The first-order valence-corrected chi connectivity index (χ1v) is 14.0. The van der Waals surface area contributed by atoms with Crippen LogP contribution in [0.25, 0.3) is 0 Å². The minimum atomic E-state index is -0.857. The summed E-state index contributed by atoms with van der Waals surface area (Å²) in [5, 5.41) is 10.5. The number of anilines is 1. The second-order valence-electron chi connectivity index (χ2n) is 12.6. The molecular weight excluding hydrogens is 524 g/mol. The molecule has 218 valence electrons. The van der Waals surface area contributed by atoms with E-state index >= 15 is 0 Å². The van der Waals surface area contributed by atoms with Crippen LogP contribution >= 0.6 is 0 Å². The zero-order valence-electron chi connectivity index (χ0n) is 24.3. The number of likely N-dealkylation sites (tertiary alicyclic amines) is 1. The van der Waals surface area contributed by atoms with E-state index in [4.69, 9.17) is 4.74 Å². The predicted molar refractivity (Wildman–Crippen MR) is 152 cm³/mol. The number of aromatic nitrogens is 2. The normalized spacial score (nSPS) is 22.5. The fraction of sp³-hybridized carbons (Fsp3) is 0.500. The molecule has 3 aliphatic heterocycles. The number of hydrogen-bond donors (Lipinski definition) is 2. The molecule has 1 aromatic carbocycles. The van der Waals surface area contributed by atoms with Crippen molar-refractivity contribution >= 4 is 29.5 Å². The topological polar surface area (TPSA) is 126 Å². The number of carbonyl (C=O) groups excluding carboxylic acids is 4. The van der Waals surface area contributed by atoms with Crippen LogP contribution < -0.4 is 10.6 Å². The Morgan fingerprint density at radius 3 is 2.63 bits per heavy atom. The molecule has 5 rings (SSSR count). The fourth-order valence-electron chi connectivity index (χ4n) is 5.86. The van der Waals surface area contributed by atoms with E-state index < -0.39 is 34.9 Å². The average molecular weight is 563 g/mol. The molecule has 4 amide bonds. The third-order valence-electron chi connectivity index (χ3n) is 7.86. The van der Waals surface area contributed by atoms with Gasteiger partial charge in [-0.1, -0.05) is 12.6 Å². The molecule has 11 heteroatoms. The number of nitrogens with one attached hydrogen (secondary N) is 2. The number of nitrogens with zero attached hydrogens (tertiary/aromatic N) is 4. The molecule has 11 nitrogen and oxygen atoms in total. The van der Waals surface area contributed by atoms with Crippen LogP contribution in [0.4, 0.5) is 10.5 Å². The van der Waals surface area contributed by atoms with Crippen molar-refractivity contribution in [3.8, 4) is 0 Å². The lowest BCUT2D eigenvalue weighted by Crippen LogP contribution is -2.54. The van der Waals surface area contributed by atoms with Crippen molar-refractivity contribution in [1.82, 2.24) is 24.9 Å². The van der Waals surface area contributed by atoms with Crippen LogP contribution in [0.3, 0.4) is 0 Å². The van der Waals surface area contributed by atoms with Crippen LogP contribution in [0, 0.1) is 0 Å². The Labute approximate surface area is 239 Å². The fourth-order valence-corrected chi connectivity index (χ4v) is 5.86. The van der Waals surface area contributed by atoms with Crippen molar-refractivity contribution in [1.29, 1.82) is 0 Å². The number of amides is 4. The maximum absolute atomic E-state index is 13.4. The van der Waals surface area contributed by atoms with Crippen LogP contribution in [0.15, 0.2) is 42.9 Å². The van der Waals surface area contributed by atoms with Crippen molar-refractivity contribution < 1.29 is 23.9 Å². The zero-order valence-corrected chi connectivity index (χ0v) is 24.3. The third-order valence-corrected chi connectivity index (χ3v) is 7.86. The molecule has 0 spiro atoms. The van der Waals surface area contributed by atoms with E-state index in [1.54, 1.807) is 29.3 Å². The molecule has 4 heterocycles. The van der Waals surface area contributed by atoms with Gasteiger partial charge in [-0.05, 0) is 72.4 Å². The molecule has 0 saturated carbocycles. The first-order valence-electron chi connectivity index (χ1n) is 14.0. The molecule has 2 atom stereocenters. The number of allylic oxidation sites excluding steroid dienone is 1. The molecule has 2 aromatic rings. The molecule has 2 saturated heterocycles. The highest BCUT2D eigenvalue weighted by atomic mass is 16.6. The Morgan fingerprint density at radius 1 is 1.20 bits per heavy atom. The monoisotopic (exact) mass is 562 g/mol. The summed E-state index contributed by atoms with van der Waals surface area (Å²) in [5.74, 6) is -1.33. The Hall–Kier alpha value is -4.15. The first kappa shape index (κ1) is 28.4. The summed E-state index contributed by atoms with van der Waals surface area (Å²) >= 11 is 0. The van der Waals surface area contributed by atoms with Crippen LogP contribution in [0.1, 0.15) is 92.6 Å². The molecule has 1 aromatic heterocycles. The van der Waals surface area contributed by atoms with E-state index in [2.05, 4.69) is 22.3 Å². The number of piperidine rings is 2. The Morgan fingerprint density at radius 2 is 1.95 bits per heavy atom. The standard InChI is InChI=1S/C30H38N6O5/c1-18-10-11-23(25(37)33-18)36-26(38)21-8-7-9-22(24(21)27(36)39)31-15-19-16-32-35(17-19)20-12-13-34(30(5,6)14-20)28(40)41-29(2,3)4/h7-9,16-17,20,23,31H,1,10-15H2,2-6H3,(H,33,37). The van der Waals surface area contributed by atoms with E-state index in [-0.39, 0.29) is 23.3 Å². The van der Waals surface area contributed by atoms with Gasteiger partial charge in [-0.3, -0.25) is 24.0 Å². The van der Waals surface area contributed by atoms with E-state index in [1.165, 1.54) is 0 Å². The number of hydrogen-bond acceptors (Lipinski definition) is 7. The summed E-state index contributed by atoms with van der Waals surface area (Å²) in [6.45, 7) is 14.4. The lowest BCUT2D eigenvalue weighted by atomic mass is 9.87. The van der Waals surface area contributed by atoms with E-state index in [0.717, 1.165) is 23.3 Å². The number of imide groups is 1. The Balaban J connectivity index is 1.25. The first-order chi connectivity index (χ1) is 19.2. The molecule has 0 bridgehead atoms. The highest BCUT2D eigenvalue weighted by Gasteiger charge is 2.45. The number of rotatable bonds is 5. The van der Waals surface area contributed by atoms with Gasteiger partial charge in [0.05, 0.1) is 23.4 Å². The van der Waals surface area contributed by atoms with Gasteiger partial charge in [-0.25, -0.2) is 4.79 Å². The number of ether oxygens (including phenoxy) is 1. The van der Waals surface area contributed by atoms with Gasteiger partial charge < -0.3 is 20.3 Å². The average Bonchev–Trinajstić information content (AvgIpc) is 3.45. The summed E-state index contributed by atoms with van der Waals surface area (Å²) < 4.78 is 7.55. The SMILES string of the molecule is C=C1CCC(N2C(=O)c3cccc(NCc4cnn(C5CCN(C(=O)OC(C)(C)C)C(C)(C)C5)c4)c3C2=O)C(=O)N1. The minimum Gasteiger partial charge on any atom is -0.444 e. The van der Waals surface area contributed by atoms with Crippen molar-refractivity contribution in [2.45, 2.75) is 90.1 Å². The van der Waals surface area contributed by atoms with Crippen LogP contribution in [0.2, 0.25) is 0 Å². The molecule has 0 aliphatic carbocycles. The Bertz CT molecular complexity index is 1420. The van der Waals surface area contributed by atoms with Crippen molar-refractivity contribution in [3.63, 3.8) is 0 Å². The lowest BCUT2D eigenvalue weighted by molar-refractivity contribution is -0.125. The van der Waals surface area contributed by atoms with Gasteiger partial charge in [-0.2, -0.15) is 5.10 Å².